The van der Waals surface area contributed by atoms with Crippen LogP contribution in [0, 0.1) is 0 Å². The summed E-state index contributed by atoms with van der Waals surface area (Å²) in [6.07, 6.45) is 15.1. The van der Waals surface area contributed by atoms with Crippen LogP contribution in [-0.4, -0.2) is 38.2 Å². The summed E-state index contributed by atoms with van der Waals surface area (Å²) < 4.78 is 1.96. The van der Waals surface area contributed by atoms with E-state index in [-0.39, 0.29) is 5.60 Å². The van der Waals surface area contributed by atoms with Crippen molar-refractivity contribution in [3.8, 4) is 0 Å². The Labute approximate surface area is 172 Å². The van der Waals surface area contributed by atoms with Crippen LogP contribution >= 0.6 is 0 Å². The van der Waals surface area contributed by atoms with E-state index >= 15 is 0 Å². The monoisotopic (exact) mass is 396 g/mol. The molecule has 0 radical (unpaired) electrons. The molecule has 29 heavy (non-hydrogen) atoms. The third-order valence-corrected chi connectivity index (χ3v) is 7.01. The molecule has 0 amide bonds. The maximum atomic E-state index is 6.12. The topological polar surface area (TPSA) is 90.3 Å². The normalized spacial score (nSPS) is 27.9. The molecular weight excluding hydrogens is 364 g/mol. The van der Waals surface area contributed by atoms with Gasteiger partial charge in [0, 0.05) is 36.8 Å². The van der Waals surface area contributed by atoms with Crippen molar-refractivity contribution in [3.05, 3.63) is 18.0 Å². The number of hydrogen-bond acceptors (Lipinski definition) is 6. The SMILES string of the molecule is CCn1ncc2c(NC3CCCCC3)c(C3=NOC4(CCC(N)CC4)C3)cnc21. The summed E-state index contributed by atoms with van der Waals surface area (Å²) in [4.78, 5) is 10.8. The van der Waals surface area contributed by atoms with Crippen LogP contribution in [-0.2, 0) is 11.4 Å². The molecule has 3 N–H and O–H groups in total. The third kappa shape index (κ3) is 3.50. The summed E-state index contributed by atoms with van der Waals surface area (Å²) in [7, 11) is 0. The largest absolute Gasteiger partial charge is 0.389 e. The number of aromatic nitrogens is 3. The van der Waals surface area contributed by atoms with Crippen LogP contribution in [0.1, 0.15) is 76.7 Å². The van der Waals surface area contributed by atoms with Crippen LogP contribution < -0.4 is 11.1 Å². The molecule has 7 nitrogen and oxygen atoms in total. The van der Waals surface area contributed by atoms with Gasteiger partial charge in [0.2, 0.25) is 0 Å². The Kier molecular flexibility index (Phi) is 4.94. The Bertz CT molecular complexity index is 905. The molecule has 2 fully saturated rings. The highest BCUT2D eigenvalue weighted by molar-refractivity contribution is 6.10. The Balaban J connectivity index is 1.49. The lowest BCUT2D eigenvalue weighted by molar-refractivity contribution is -0.0478. The number of nitrogens with zero attached hydrogens (tertiary/aromatic N) is 4. The average molecular weight is 397 g/mol. The fraction of sp³-hybridized carbons (Fsp3) is 0.682. The maximum absolute atomic E-state index is 6.12. The molecule has 2 aromatic rings. The van der Waals surface area contributed by atoms with E-state index in [1.165, 1.54) is 32.1 Å². The number of nitrogens with one attached hydrogen (secondary N) is 1. The highest BCUT2D eigenvalue weighted by Crippen LogP contribution is 2.41. The van der Waals surface area contributed by atoms with Crippen molar-refractivity contribution in [1.82, 2.24) is 14.8 Å². The van der Waals surface area contributed by atoms with Gasteiger partial charge in [-0.25, -0.2) is 9.67 Å². The molecule has 2 saturated carbocycles. The number of hydrogen-bond donors (Lipinski definition) is 2. The Hall–Kier alpha value is -2.15. The van der Waals surface area contributed by atoms with Crippen molar-refractivity contribution in [2.75, 3.05) is 5.32 Å². The first-order valence-corrected chi connectivity index (χ1v) is 11.3. The molecule has 2 aliphatic carbocycles. The van der Waals surface area contributed by atoms with Crippen LogP contribution in [0.2, 0.25) is 0 Å². The average Bonchev–Trinajstić information content (AvgIpc) is 3.36. The van der Waals surface area contributed by atoms with Crippen LogP contribution in [0.5, 0.6) is 0 Å². The molecule has 7 heteroatoms. The molecule has 5 rings (SSSR count). The number of pyridine rings is 1. The zero-order valence-corrected chi connectivity index (χ0v) is 17.4. The molecule has 3 aliphatic rings. The van der Waals surface area contributed by atoms with E-state index in [2.05, 4.69) is 22.5 Å². The van der Waals surface area contributed by atoms with Gasteiger partial charge in [0.15, 0.2) is 5.65 Å². The predicted molar refractivity (Wildman–Crippen MR) is 115 cm³/mol. The standard InChI is InChI=1S/C22H32N6O/c1-2-28-21-18(14-25-28)20(26-16-6-4-3-5-7-16)17(13-24-21)19-12-22(29-27-19)10-8-15(23)9-11-22/h13-16H,2-12,23H2,1H3,(H,24,26). The molecule has 0 atom stereocenters. The summed E-state index contributed by atoms with van der Waals surface area (Å²) in [5.41, 5.74) is 10.1. The number of rotatable bonds is 4. The molecule has 0 saturated heterocycles. The van der Waals surface area contributed by atoms with E-state index in [1.54, 1.807) is 0 Å². The summed E-state index contributed by atoms with van der Waals surface area (Å²) in [5.74, 6) is 0. The molecule has 0 aromatic carbocycles. The second-order valence-electron chi connectivity index (χ2n) is 9.05. The molecule has 3 heterocycles. The Morgan fingerprint density at radius 1 is 1.17 bits per heavy atom. The maximum Gasteiger partial charge on any atom is 0.159 e. The van der Waals surface area contributed by atoms with Crippen molar-refractivity contribution >= 4 is 22.4 Å². The lowest BCUT2D eigenvalue weighted by Gasteiger charge is -2.33. The number of aryl methyl sites for hydroxylation is 1. The summed E-state index contributed by atoms with van der Waals surface area (Å²) in [6.45, 7) is 2.91. The second-order valence-corrected chi connectivity index (χ2v) is 9.05. The van der Waals surface area contributed by atoms with Gasteiger partial charge in [0.1, 0.15) is 5.60 Å². The van der Waals surface area contributed by atoms with Crippen LogP contribution in [0.4, 0.5) is 5.69 Å². The number of fused-ring (bicyclic) bond motifs is 1. The van der Waals surface area contributed by atoms with E-state index in [0.717, 1.165) is 66.6 Å². The van der Waals surface area contributed by atoms with Gasteiger partial charge in [-0.05, 0) is 45.4 Å². The van der Waals surface area contributed by atoms with Gasteiger partial charge in [0.25, 0.3) is 0 Å². The van der Waals surface area contributed by atoms with Gasteiger partial charge in [-0.15, -0.1) is 0 Å². The van der Waals surface area contributed by atoms with E-state index in [9.17, 15) is 0 Å². The summed E-state index contributed by atoms with van der Waals surface area (Å²) >= 11 is 0. The zero-order valence-electron chi connectivity index (χ0n) is 17.4. The summed E-state index contributed by atoms with van der Waals surface area (Å²) in [5, 5.41) is 14.1. The van der Waals surface area contributed by atoms with Crippen molar-refractivity contribution in [3.63, 3.8) is 0 Å². The predicted octanol–water partition coefficient (Wildman–Crippen LogP) is 3.96. The van der Waals surface area contributed by atoms with Crippen LogP contribution in [0.3, 0.4) is 0 Å². The second kappa shape index (κ2) is 7.59. The fourth-order valence-corrected chi connectivity index (χ4v) is 5.18. The van der Waals surface area contributed by atoms with Crippen molar-refractivity contribution < 1.29 is 4.84 Å². The van der Waals surface area contributed by atoms with Gasteiger partial charge in [-0.2, -0.15) is 5.10 Å². The number of nitrogens with two attached hydrogens (primary N) is 1. The minimum Gasteiger partial charge on any atom is -0.389 e. The van der Waals surface area contributed by atoms with Crippen LogP contribution in [0.25, 0.3) is 11.0 Å². The lowest BCUT2D eigenvalue weighted by Crippen LogP contribution is -2.39. The fourth-order valence-electron chi connectivity index (χ4n) is 5.18. The smallest absolute Gasteiger partial charge is 0.159 e. The first-order chi connectivity index (χ1) is 14.2. The Morgan fingerprint density at radius 3 is 2.72 bits per heavy atom. The molecule has 1 aliphatic heterocycles. The minimum atomic E-state index is -0.171. The molecule has 1 spiro atoms. The number of oxime groups is 1. The molecule has 0 unspecified atom stereocenters. The van der Waals surface area contributed by atoms with Crippen LogP contribution in [0.15, 0.2) is 17.5 Å². The van der Waals surface area contributed by atoms with Crippen molar-refractivity contribution in [2.45, 2.75) is 95.4 Å². The van der Waals surface area contributed by atoms with E-state index in [0.29, 0.717) is 12.1 Å². The first-order valence-electron chi connectivity index (χ1n) is 11.3. The molecule has 2 aromatic heterocycles. The molecule has 156 valence electrons. The van der Waals surface area contributed by atoms with Gasteiger partial charge in [-0.1, -0.05) is 24.4 Å². The minimum absolute atomic E-state index is 0.171. The van der Waals surface area contributed by atoms with E-state index in [1.807, 2.05) is 17.1 Å². The van der Waals surface area contributed by atoms with E-state index < -0.39 is 0 Å². The molecular formula is C22H32N6O. The summed E-state index contributed by atoms with van der Waals surface area (Å²) in [6, 6.07) is 0.803. The first kappa shape index (κ1) is 18.9. The Morgan fingerprint density at radius 2 is 1.97 bits per heavy atom. The lowest BCUT2D eigenvalue weighted by atomic mass is 9.79. The highest BCUT2D eigenvalue weighted by Gasteiger charge is 2.42. The van der Waals surface area contributed by atoms with Gasteiger partial charge < -0.3 is 15.9 Å². The van der Waals surface area contributed by atoms with Crippen molar-refractivity contribution in [2.24, 2.45) is 10.9 Å². The highest BCUT2D eigenvalue weighted by atomic mass is 16.7. The number of anilines is 1. The van der Waals surface area contributed by atoms with Gasteiger partial charge >= 0.3 is 0 Å². The molecule has 0 bridgehead atoms. The zero-order chi connectivity index (χ0) is 19.8. The quantitative estimate of drug-likeness (QED) is 0.816. The third-order valence-electron chi connectivity index (χ3n) is 7.01. The van der Waals surface area contributed by atoms with Gasteiger partial charge in [-0.3, -0.25) is 0 Å². The van der Waals surface area contributed by atoms with E-state index in [4.69, 9.17) is 15.6 Å². The van der Waals surface area contributed by atoms with Gasteiger partial charge in [0.05, 0.1) is 23.0 Å². The van der Waals surface area contributed by atoms with Crippen molar-refractivity contribution in [1.29, 1.82) is 0 Å².